The number of carboxylic acids is 1. The van der Waals surface area contributed by atoms with Crippen molar-refractivity contribution in [1.29, 1.82) is 0 Å². The van der Waals surface area contributed by atoms with Gasteiger partial charge in [0.2, 0.25) is 0 Å². The highest BCUT2D eigenvalue weighted by Crippen LogP contribution is 2.23. The summed E-state index contributed by atoms with van der Waals surface area (Å²) < 4.78 is 13.6. The average Bonchev–Trinajstić information content (AvgIpc) is 2.39. The molecule has 4 nitrogen and oxygen atoms in total. The van der Waals surface area contributed by atoms with Gasteiger partial charge >= 0.3 is 5.97 Å². The molecule has 0 radical (unpaired) electrons. The van der Waals surface area contributed by atoms with Crippen LogP contribution in [0.25, 0.3) is 0 Å². The molecule has 0 unspecified atom stereocenters. The number of hydrogen-bond donors (Lipinski definition) is 1. The third-order valence-corrected chi connectivity index (χ3v) is 2.79. The summed E-state index contributed by atoms with van der Waals surface area (Å²) in [5, 5.41) is 9.08. The molecule has 0 amide bonds. The van der Waals surface area contributed by atoms with Gasteiger partial charge < -0.3 is 10.0 Å². The highest BCUT2D eigenvalue weighted by atomic mass is 19.1. The first-order chi connectivity index (χ1) is 9.09. The molecule has 0 atom stereocenters. The fourth-order valence-corrected chi connectivity index (χ4v) is 1.89. The Kier molecular flexibility index (Phi) is 3.75. The lowest BCUT2D eigenvalue weighted by Gasteiger charge is -2.21. The molecule has 0 saturated carbocycles. The van der Waals surface area contributed by atoms with Gasteiger partial charge in [-0.3, -0.25) is 4.98 Å². The van der Waals surface area contributed by atoms with Crippen molar-refractivity contribution in [3.63, 3.8) is 0 Å². The second-order valence-electron chi connectivity index (χ2n) is 4.15. The van der Waals surface area contributed by atoms with Gasteiger partial charge in [0.05, 0.1) is 5.69 Å². The fraction of sp³-hybridized carbons (Fsp3) is 0.143. The predicted octanol–water partition coefficient (Wildman–Crippen LogP) is 2.56. The van der Waals surface area contributed by atoms with Crippen molar-refractivity contribution < 1.29 is 14.3 Å². The number of nitrogens with zero attached hydrogens (tertiary/aromatic N) is 2. The predicted molar refractivity (Wildman–Crippen MR) is 69.7 cm³/mol. The number of benzene rings is 1. The van der Waals surface area contributed by atoms with Crippen LogP contribution in [0.5, 0.6) is 0 Å². The summed E-state index contributed by atoms with van der Waals surface area (Å²) in [6.45, 7) is 0.478. The number of pyridine rings is 1. The van der Waals surface area contributed by atoms with Gasteiger partial charge in [-0.1, -0.05) is 6.07 Å². The largest absolute Gasteiger partial charge is 0.478 e. The first kappa shape index (κ1) is 13.0. The second-order valence-corrected chi connectivity index (χ2v) is 4.15. The molecule has 2 rings (SSSR count). The molecule has 1 aromatic heterocycles. The molecule has 0 spiro atoms. The standard InChI is InChI=1S/C14H13FN2O2/c1-17(9-10-5-7-16-8-6-10)12-4-2-3-11(15)13(12)14(18)19/h2-8H,9H2,1H3,(H,18,19). The van der Waals surface area contributed by atoms with Crippen LogP contribution in [0.1, 0.15) is 15.9 Å². The van der Waals surface area contributed by atoms with Crippen LogP contribution in [0.3, 0.4) is 0 Å². The first-order valence-corrected chi connectivity index (χ1v) is 5.71. The molecular weight excluding hydrogens is 247 g/mol. The van der Waals surface area contributed by atoms with Crippen molar-refractivity contribution >= 4 is 11.7 Å². The zero-order valence-electron chi connectivity index (χ0n) is 10.4. The molecule has 1 N–H and O–H groups in total. The van der Waals surface area contributed by atoms with Crippen LogP contribution >= 0.6 is 0 Å². The minimum atomic E-state index is -1.27. The van der Waals surface area contributed by atoms with Crippen LogP contribution in [-0.4, -0.2) is 23.1 Å². The summed E-state index contributed by atoms with van der Waals surface area (Å²) >= 11 is 0. The Balaban J connectivity index is 2.31. The van der Waals surface area contributed by atoms with E-state index in [1.807, 2.05) is 12.1 Å². The zero-order valence-corrected chi connectivity index (χ0v) is 10.4. The summed E-state index contributed by atoms with van der Waals surface area (Å²) in [7, 11) is 1.72. The molecular formula is C14H13FN2O2. The van der Waals surface area contributed by atoms with Crippen LogP contribution in [0.4, 0.5) is 10.1 Å². The second kappa shape index (κ2) is 5.48. The lowest BCUT2D eigenvalue weighted by molar-refractivity contribution is 0.0692. The highest BCUT2D eigenvalue weighted by Gasteiger charge is 2.18. The lowest BCUT2D eigenvalue weighted by atomic mass is 10.1. The average molecular weight is 260 g/mol. The topological polar surface area (TPSA) is 53.4 Å². The smallest absolute Gasteiger partial charge is 0.340 e. The van der Waals surface area contributed by atoms with Gasteiger partial charge in [0.15, 0.2) is 0 Å². The molecule has 0 aliphatic carbocycles. The van der Waals surface area contributed by atoms with Crippen molar-refractivity contribution in [3.05, 3.63) is 59.7 Å². The van der Waals surface area contributed by atoms with Crippen LogP contribution in [-0.2, 0) is 6.54 Å². The SMILES string of the molecule is CN(Cc1ccncc1)c1cccc(F)c1C(=O)O. The Morgan fingerprint density at radius 3 is 2.63 bits per heavy atom. The number of carboxylic acid groups (broad SMARTS) is 1. The van der Waals surface area contributed by atoms with E-state index >= 15 is 0 Å². The van der Waals surface area contributed by atoms with Gasteiger partial charge in [-0.15, -0.1) is 0 Å². The number of anilines is 1. The Morgan fingerprint density at radius 1 is 1.32 bits per heavy atom. The quantitative estimate of drug-likeness (QED) is 0.917. The Morgan fingerprint density at radius 2 is 2.00 bits per heavy atom. The number of rotatable bonds is 4. The van der Waals surface area contributed by atoms with Crippen molar-refractivity contribution in [2.75, 3.05) is 11.9 Å². The summed E-state index contributed by atoms with van der Waals surface area (Å²) in [5.74, 6) is -2.00. The maximum absolute atomic E-state index is 13.6. The summed E-state index contributed by atoms with van der Waals surface area (Å²) in [4.78, 5) is 16.7. The number of aromatic nitrogens is 1. The molecule has 98 valence electrons. The molecule has 0 fully saturated rings. The highest BCUT2D eigenvalue weighted by molar-refractivity contribution is 5.94. The van der Waals surface area contributed by atoms with Crippen molar-refractivity contribution in [2.45, 2.75) is 6.54 Å². The van der Waals surface area contributed by atoms with E-state index in [4.69, 9.17) is 5.11 Å². The molecule has 1 heterocycles. The number of carbonyl (C=O) groups is 1. The number of hydrogen-bond acceptors (Lipinski definition) is 3. The van der Waals surface area contributed by atoms with E-state index in [0.29, 0.717) is 12.2 Å². The van der Waals surface area contributed by atoms with Gasteiger partial charge in [0.25, 0.3) is 0 Å². The minimum Gasteiger partial charge on any atom is -0.478 e. The third kappa shape index (κ3) is 2.88. The molecule has 0 bridgehead atoms. The van der Waals surface area contributed by atoms with Crippen molar-refractivity contribution in [3.8, 4) is 0 Å². The monoisotopic (exact) mass is 260 g/mol. The van der Waals surface area contributed by atoms with E-state index in [0.717, 1.165) is 11.6 Å². The van der Waals surface area contributed by atoms with Crippen molar-refractivity contribution in [2.24, 2.45) is 0 Å². The Bertz CT molecular complexity index is 587. The van der Waals surface area contributed by atoms with E-state index in [2.05, 4.69) is 4.98 Å². The third-order valence-electron chi connectivity index (χ3n) is 2.79. The van der Waals surface area contributed by atoms with E-state index in [9.17, 15) is 9.18 Å². The van der Waals surface area contributed by atoms with Gasteiger partial charge in [0, 0.05) is 26.0 Å². The number of halogens is 1. The first-order valence-electron chi connectivity index (χ1n) is 5.71. The zero-order chi connectivity index (χ0) is 13.8. The Hall–Kier alpha value is -2.43. The van der Waals surface area contributed by atoms with E-state index in [1.165, 1.54) is 6.07 Å². The molecule has 0 aliphatic heterocycles. The maximum atomic E-state index is 13.6. The van der Waals surface area contributed by atoms with Crippen molar-refractivity contribution in [1.82, 2.24) is 4.98 Å². The normalized spacial score (nSPS) is 10.2. The van der Waals surface area contributed by atoms with Gasteiger partial charge in [0.1, 0.15) is 11.4 Å². The van der Waals surface area contributed by atoms with Gasteiger partial charge in [-0.05, 0) is 29.8 Å². The van der Waals surface area contributed by atoms with E-state index < -0.39 is 11.8 Å². The van der Waals surface area contributed by atoms with E-state index in [-0.39, 0.29) is 5.56 Å². The fourth-order valence-electron chi connectivity index (χ4n) is 1.89. The van der Waals surface area contributed by atoms with Crippen LogP contribution < -0.4 is 4.90 Å². The van der Waals surface area contributed by atoms with Crippen LogP contribution in [0.2, 0.25) is 0 Å². The summed E-state index contributed by atoms with van der Waals surface area (Å²) in [6, 6.07) is 7.90. The van der Waals surface area contributed by atoms with Gasteiger partial charge in [-0.25, -0.2) is 9.18 Å². The lowest BCUT2D eigenvalue weighted by Crippen LogP contribution is -2.20. The number of aromatic carboxylic acids is 1. The molecule has 0 aliphatic rings. The van der Waals surface area contributed by atoms with Gasteiger partial charge in [-0.2, -0.15) is 0 Å². The van der Waals surface area contributed by atoms with Crippen LogP contribution in [0, 0.1) is 5.82 Å². The summed E-state index contributed by atoms with van der Waals surface area (Å²) in [5.41, 5.74) is 1.02. The summed E-state index contributed by atoms with van der Waals surface area (Å²) in [6.07, 6.45) is 3.32. The molecule has 2 aromatic rings. The maximum Gasteiger partial charge on any atom is 0.340 e. The Labute approximate surface area is 110 Å². The minimum absolute atomic E-state index is 0.306. The molecule has 5 heteroatoms. The van der Waals surface area contributed by atoms with Crippen LogP contribution in [0.15, 0.2) is 42.7 Å². The van der Waals surface area contributed by atoms with E-state index in [1.54, 1.807) is 30.4 Å². The molecule has 0 saturated heterocycles. The molecule has 19 heavy (non-hydrogen) atoms. The molecule has 1 aromatic carbocycles.